The van der Waals surface area contributed by atoms with Gasteiger partial charge in [0.05, 0.1) is 22.1 Å². The van der Waals surface area contributed by atoms with Gasteiger partial charge in [0.25, 0.3) is 0 Å². The third kappa shape index (κ3) is 4.34. The molecule has 3 heterocycles. The highest BCUT2D eigenvalue weighted by Gasteiger charge is 2.36. The first kappa shape index (κ1) is 29.8. The summed E-state index contributed by atoms with van der Waals surface area (Å²) in [6, 6.07) is 58.1. The van der Waals surface area contributed by atoms with Gasteiger partial charge in [-0.25, -0.2) is 4.98 Å². The van der Waals surface area contributed by atoms with Crippen molar-refractivity contribution < 1.29 is 0 Å². The summed E-state index contributed by atoms with van der Waals surface area (Å²) >= 11 is 0. The minimum atomic E-state index is -0.102. The molecule has 0 aliphatic heterocycles. The van der Waals surface area contributed by atoms with Crippen molar-refractivity contribution in [3.05, 3.63) is 175 Å². The topological polar surface area (TPSA) is 48.5 Å². The van der Waals surface area contributed by atoms with Gasteiger partial charge < -0.3 is 4.57 Å². The number of para-hydroxylation sites is 3. The number of fused-ring (bicyclic) bond motifs is 9. The number of nitrogens with zero attached hydrogens (tertiary/aromatic N) is 5. The second-order valence-electron chi connectivity index (χ2n) is 14.5. The normalized spacial score (nSPS) is 13.2. The molecule has 10 aromatic rings. The van der Waals surface area contributed by atoms with Crippen molar-refractivity contribution in [3.8, 4) is 45.5 Å². The van der Waals surface area contributed by atoms with E-state index in [0.717, 1.165) is 27.8 Å². The van der Waals surface area contributed by atoms with Crippen LogP contribution in [0.5, 0.6) is 0 Å². The predicted octanol–water partition coefficient (Wildman–Crippen LogP) is 11.7. The van der Waals surface area contributed by atoms with E-state index in [1.807, 2.05) is 18.2 Å². The highest BCUT2D eigenvalue weighted by Crippen LogP contribution is 2.51. The van der Waals surface area contributed by atoms with Crippen LogP contribution in [-0.4, -0.2) is 24.1 Å². The maximum atomic E-state index is 5.26. The van der Waals surface area contributed by atoms with Gasteiger partial charge in [0.15, 0.2) is 11.6 Å². The Kier molecular flexibility index (Phi) is 6.23. The summed E-state index contributed by atoms with van der Waals surface area (Å²) in [6.07, 6.45) is 0. The molecule has 0 spiro atoms. The van der Waals surface area contributed by atoms with Gasteiger partial charge in [0.1, 0.15) is 0 Å². The molecule has 53 heavy (non-hydrogen) atoms. The average Bonchev–Trinajstić information content (AvgIpc) is 3.80. The van der Waals surface area contributed by atoms with Gasteiger partial charge in [-0.1, -0.05) is 123 Å². The zero-order chi connectivity index (χ0) is 35.3. The molecule has 1 aliphatic carbocycles. The van der Waals surface area contributed by atoms with Crippen molar-refractivity contribution in [1.29, 1.82) is 0 Å². The first-order valence-electron chi connectivity index (χ1n) is 18.1. The van der Waals surface area contributed by atoms with E-state index >= 15 is 0 Å². The maximum Gasteiger partial charge on any atom is 0.238 e. The minimum Gasteiger partial charge on any atom is -0.309 e. The smallest absolute Gasteiger partial charge is 0.238 e. The molecule has 3 aromatic heterocycles. The first-order chi connectivity index (χ1) is 26.0. The van der Waals surface area contributed by atoms with E-state index < -0.39 is 0 Å². The standard InChI is InChI=1S/C48H33N5/c1-48(2)39-20-10-6-16-33(39)37-29-44-38(28-40(37)48)36-19-9-13-23-43(36)53(44)47-50-45(30-14-4-3-5-15-30)49-46(51-47)31-24-26-32(27-25-31)52-41-21-11-7-17-34(41)35-18-8-12-22-42(35)52/h3-29H,1-2H3. The number of rotatable bonds is 4. The van der Waals surface area contributed by atoms with E-state index in [0.29, 0.717) is 17.6 Å². The highest BCUT2D eigenvalue weighted by molar-refractivity contribution is 6.11. The molecule has 1 aliphatic rings. The first-order valence-corrected chi connectivity index (χ1v) is 18.1. The fraction of sp³-hybridized carbons (Fsp3) is 0.0625. The maximum absolute atomic E-state index is 5.26. The zero-order valence-electron chi connectivity index (χ0n) is 29.3. The summed E-state index contributed by atoms with van der Waals surface area (Å²) in [4.78, 5) is 15.6. The van der Waals surface area contributed by atoms with E-state index in [9.17, 15) is 0 Å². The van der Waals surface area contributed by atoms with Gasteiger partial charge in [-0.15, -0.1) is 0 Å². The molecule has 0 saturated carbocycles. The fourth-order valence-corrected chi connectivity index (χ4v) is 8.65. The van der Waals surface area contributed by atoms with Crippen LogP contribution in [-0.2, 0) is 5.41 Å². The third-order valence-electron chi connectivity index (χ3n) is 11.2. The van der Waals surface area contributed by atoms with Crippen molar-refractivity contribution in [3.63, 3.8) is 0 Å². The Balaban J connectivity index is 1.13. The Bertz CT molecular complexity index is 3020. The Labute approximate surface area is 306 Å². The van der Waals surface area contributed by atoms with Crippen LogP contribution >= 0.6 is 0 Å². The molecule has 0 atom stereocenters. The van der Waals surface area contributed by atoms with E-state index in [-0.39, 0.29) is 5.41 Å². The predicted molar refractivity (Wildman–Crippen MR) is 217 cm³/mol. The summed E-state index contributed by atoms with van der Waals surface area (Å²) in [6.45, 7) is 4.67. The van der Waals surface area contributed by atoms with Gasteiger partial charge in [-0.3, -0.25) is 4.57 Å². The minimum absolute atomic E-state index is 0.102. The van der Waals surface area contributed by atoms with Gasteiger partial charge in [0.2, 0.25) is 5.95 Å². The van der Waals surface area contributed by atoms with Crippen molar-refractivity contribution >= 4 is 43.6 Å². The van der Waals surface area contributed by atoms with Gasteiger partial charge in [-0.05, 0) is 76.9 Å². The lowest BCUT2D eigenvalue weighted by molar-refractivity contribution is 0.661. The molecule has 0 unspecified atom stereocenters. The Morgan fingerprint density at radius 3 is 1.58 bits per heavy atom. The van der Waals surface area contributed by atoms with Crippen LogP contribution in [0, 0.1) is 0 Å². The largest absolute Gasteiger partial charge is 0.309 e. The summed E-state index contributed by atoms with van der Waals surface area (Å²) in [5.41, 5.74) is 12.6. The van der Waals surface area contributed by atoms with Crippen LogP contribution in [0.1, 0.15) is 25.0 Å². The van der Waals surface area contributed by atoms with Crippen molar-refractivity contribution in [2.24, 2.45) is 0 Å². The molecule has 5 heteroatoms. The van der Waals surface area contributed by atoms with Crippen LogP contribution in [0.25, 0.3) is 89.2 Å². The molecule has 0 N–H and O–H groups in total. The molecule has 5 nitrogen and oxygen atoms in total. The van der Waals surface area contributed by atoms with Crippen molar-refractivity contribution in [2.45, 2.75) is 19.3 Å². The number of hydrogen-bond donors (Lipinski definition) is 0. The Morgan fingerprint density at radius 2 is 0.925 bits per heavy atom. The fourth-order valence-electron chi connectivity index (χ4n) is 8.65. The molecule has 0 bridgehead atoms. The molecule has 0 amide bonds. The monoisotopic (exact) mass is 679 g/mol. The van der Waals surface area contributed by atoms with Gasteiger partial charge in [0, 0.05) is 43.8 Å². The van der Waals surface area contributed by atoms with Crippen LogP contribution in [0.15, 0.2) is 164 Å². The Morgan fingerprint density at radius 1 is 0.396 bits per heavy atom. The second-order valence-corrected chi connectivity index (χ2v) is 14.5. The van der Waals surface area contributed by atoms with E-state index in [4.69, 9.17) is 15.0 Å². The molecule has 0 fully saturated rings. The Hall–Kier alpha value is -6.85. The molecule has 11 rings (SSSR count). The van der Waals surface area contributed by atoms with Crippen LogP contribution in [0.2, 0.25) is 0 Å². The lowest BCUT2D eigenvalue weighted by atomic mass is 9.82. The van der Waals surface area contributed by atoms with Gasteiger partial charge in [-0.2, -0.15) is 9.97 Å². The molecule has 7 aromatic carbocycles. The van der Waals surface area contributed by atoms with Crippen LogP contribution in [0.3, 0.4) is 0 Å². The number of hydrogen-bond acceptors (Lipinski definition) is 3. The molecule has 0 saturated heterocycles. The lowest BCUT2D eigenvalue weighted by Gasteiger charge is -2.21. The second kappa shape index (κ2) is 11.1. The van der Waals surface area contributed by atoms with E-state index in [1.54, 1.807) is 0 Å². The van der Waals surface area contributed by atoms with Gasteiger partial charge >= 0.3 is 0 Å². The summed E-state index contributed by atoms with van der Waals surface area (Å²) in [5, 5.41) is 4.85. The number of benzene rings is 7. The van der Waals surface area contributed by atoms with Crippen molar-refractivity contribution in [2.75, 3.05) is 0 Å². The molecular weight excluding hydrogens is 647 g/mol. The summed E-state index contributed by atoms with van der Waals surface area (Å²) in [5.74, 6) is 1.86. The molecular formula is C48H33N5. The zero-order valence-corrected chi connectivity index (χ0v) is 29.3. The third-order valence-corrected chi connectivity index (χ3v) is 11.2. The molecule has 0 radical (unpaired) electrons. The summed E-state index contributed by atoms with van der Waals surface area (Å²) < 4.78 is 4.56. The quantitative estimate of drug-likeness (QED) is 0.186. The van der Waals surface area contributed by atoms with Crippen molar-refractivity contribution in [1.82, 2.24) is 24.1 Å². The van der Waals surface area contributed by atoms with E-state index in [1.165, 1.54) is 54.8 Å². The van der Waals surface area contributed by atoms with Crippen LogP contribution in [0.4, 0.5) is 0 Å². The molecule has 250 valence electrons. The number of aromatic nitrogens is 5. The van der Waals surface area contributed by atoms with Crippen LogP contribution < -0.4 is 0 Å². The summed E-state index contributed by atoms with van der Waals surface area (Å²) in [7, 11) is 0. The highest BCUT2D eigenvalue weighted by atomic mass is 15.2. The lowest BCUT2D eigenvalue weighted by Crippen LogP contribution is -2.14. The van der Waals surface area contributed by atoms with E-state index in [2.05, 4.69) is 169 Å². The average molecular weight is 680 g/mol. The SMILES string of the molecule is CC1(C)c2ccccc2-c2cc3c(cc21)c1ccccc1n3-c1nc(-c2ccccc2)nc(-c2ccc(-n3c4ccccc4c4ccccc43)cc2)n1.